The number of ether oxygens (including phenoxy) is 1. The summed E-state index contributed by atoms with van der Waals surface area (Å²) < 4.78 is 5.81. The largest absolute Gasteiger partial charge is 0.493 e. The average Bonchev–Trinajstić information content (AvgIpc) is 2.74. The Hall–Kier alpha value is -2.73. The SMILES string of the molecule is CCC(=O)NCCc1c(SC)c(OC)c2nccc3c2c1Nc1ccccc1-3. The molecule has 144 valence electrons. The van der Waals surface area contributed by atoms with Gasteiger partial charge in [0.05, 0.1) is 17.7 Å². The molecule has 4 rings (SSSR count). The molecule has 0 fully saturated rings. The number of hydrogen-bond acceptors (Lipinski definition) is 5. The van der Waals surface area contributed by atoms with Gasteiger partial charge in [-0.2, -0.15) is 0 Å². The van der Waals surface area contributed by atoms with E-state index in [1.807, 2.05) is 31.5 Å². The molecule has 3 aromatic rings. The van der Waals surface area contributed by atoms with Crippen molar-refractivity contribution in [1.29, 1.82) is 0 Å². The zero-order valence-electron chi connectivity index (χ0n) is 16.3. The van der Waals surface area contributed by atoms with Crippen molar-refractivity contribution >= 4 is 39.9 Å². The van der Waals surface area contributed by atoms with E-state index in [2.05, 4.69) is 33.8 Å². The Labute approximate surface area is 168 Å². The number of thioether (sulfide) groups is 1. The van der Waals surface area contributed by atoms with Gasteiger partial charge in [-0.1, -0.05) is 25.1 Å². The number of amides is 1. The Balaban J connectivity index is 1.95. The minimum absolute atomic E-state index is 0.0627. The first kappa shape index (κ1) is 18.6. The van der Waals surface area contributed by atoms with Gasteiger partial charge < -0.3 is 15.4 Å². The number of pyridine rings is 1. The van der Waals surface area contributed by atoms with Crippen LogP contribution in [0.4, 0.5) is 11.4 Å². The third kappa shape index (κ3) is 2.98. The average molecular weight is 394 g/mol. The molecule has 28 heavy (non-hydrogen) atoms. The van der Waals surface area contributed by atoms with Crippen LogP contribution in [-0.4, -0.2) is 30.8 Å². The van der Waals surface area contributed by atoms with Gasteiger partial charge in [0.2, 0.25) is 5.91 Å². The molecular formula is C22H23N3O2S. The summed E-state index contributed by atoms with van der Waals surface area (Å²) in [5.74, 6) is 0.860. The molecule has 0 bridgehead atoms. The number of carbonyl (C=O) groups is 1. The molecule has 1 amide bonds. The lowest BCUT2D eigenvalue weighted by atomic mass is 9.91. The normalized spacial score (nSPS) is 11.7. The number of carbonyl (C=O) groups excluding carboxylic acids is 1. The second-order valence-electron chi connectivity index (χ2n) is 6.63. The van der Waals surface area contributed by atoms with Crippen molar-refractivity contribution in [2.45, 2.75) is 24.7 Å². The van der Waals surface area contributed by atoms with Crippen LogP contribution in [0.5, 0.6) is 5.75 Å². The number of fused-ring (bicyclic) bond motifs is 2. The molecule has 1 aromatic heterocycles. The molecule has 1 aliphatic rings. The lowest BCUT2D eigenvalue weighted by Gasteiger charge is -2.27. The van der Waals surface area contributed by atoms with Crippen molar-refractivity contribution in [3.63, 3.8) is 0 Å². The van der Waals surface area contributed by atoms with E-state index < -0.39 is 0 Å². The number of nitrogens with one attached hydrogen (secondary N) is 2. The van der Waals surface area contributed by atoms with E-state index in [4.69, 9.17) is 4.74 Å². The topological polar surface area (TPSA) is 63.2 Å². The molecule has 2 N–H and O–H groups in total. The first-order valence-corrected chi connectivity index (χ1v) is 10.6. The van der Waals surface area contributed by atoms with Crippen molar-refractivity contribution in [3.05, 3.63) is 42.1 Å². The number of aromatic nitrogens is 1. The third-order valence-corrected chi connectivity index (χ3v) is 5.94. The molecule has 2 heterocycles. The van der Waals surface area contributed by atoms with E-state index in [1.165, 1.54) is 0 Å². The first-order chi connectivity index (χ1) is 13.7. The van der Waals surface area contributed by atoms with Crippen LogP contribution in [-0.2, 0) is 11.2 Å². The van der Waals surface area contributed by atoms with Crippen LogP contribution in [0.15, 0.2) is 41.4 Å². The highest BCUT2D eigenvalue weighted by Crippen LogP contribution is 2.50. The van der Waals surface area contributed by atoms with E-state index in [9.17, 15) is 4.79 Å². The minimum Gasteiger partial charge on any atom is -0.493 e. The van der Waals surface area contributed by atoms with Gasteiger partial charge in [0.15, 0.2) is 5.75 Å². The zero-order valence-corrected chi connectivity index (χ0v) is 17.1. The van der Waals surface area contributed by atoms with Crippen LogP contribution >= 0.6 is 11.8 Å². The summed E-state index contributed by atoms with van der Waals surface area (Å²) in [6.07, 6.45) is 5.10. The Bertz CT molecular complexity index is 1070. The molecule has 0 atom stereocenters. The van der Waals surface area contributed by atoms with Gasteiger partial charge in [-0.25, -0.2) is 0 Å². The van der Waals surface area contributed by atoms with E-state index in [0.29, 0.717) is 19.4 Å². The summed E-state index contributed by atoms with van der Waals surface area (Å²) in [5.41, 5.74) is 6.47. The second kappa shape index (κ2) is 7.72. The highest BCUT2D eigenvalue weighted by atomic mass is 32.2. The van der Waals surface area contributed by atoms with Gasteiger partial charge >= 0.3 is 0 Å². The Morgan fingerprint density at radius 2 is 2.07 bits per heavy atom. The number of anilines is 2. The number of para-hydroxylation sites is 1. The first-order valence-electron chi connectivity index (χ1n) is 9.38. The summed E-state index contributed by atoms with van der Waals surface area (Å²) in [6.45, 7) is 2.45. The van der Waals surface area contributed by atoms with Gasteiger partial charge in [-0.15, -0.1) is 11.8 Å². The molecule has 1 aliphatic heterocycles. The van der Waals surface area contributed by atoms with Gasteiger partial charge in [0, 0.05) is 35.8 Å². The van der Waals surface area contributed by atoms with Gasteiger partial charge in [0.25, 0.3) is 0 Å². The fourth-order valence-electron chi connectivity index (χ4n) is 3.82. The van der Waals surface area contributed by atoms with Gasteiger partial charge in [-0.05, 0) is 35.9 Å². The van der Waals surface area contributed by atoms with Gasteiger partial charge in [0.1, 0.15) is 5.52 Å². The molecule has 0 aliphatic carbocycles. The predicted molar refractivity (Wildman–Crippen MR) is 116 cm³/mol. The maximum Gasteiger partial charge on any atom is 0.219 e. The molecule has 5 nitrogen and oxygen atoms in total. The monoisotopic (exact) mass is 393 g/mol. The van der Waals surface area contributed by atoms with Crippen LogP contribution in [0.2, 0.25) is 0 Å². The van der Waals surface area contributed by atoms with Crippen LogP contribution in [0.25, 0.3) is 22.0 Å². The summed E-state index contributed by atoms with van der Waals surface area (Å²) in [4.78, 5) is 17.4. The minimum atomic E-state index is 0.0627. The number of hydrogen-bond donors (Lipinski definition) is 2. The van der Waals surface area contributed by atoms with Crippen molar-refractivity contribution in [3.8, 4) is 16.9 Å². The zero-order chi connectivity index (χ0) is 19.7. The number of methoxy groups -OCH3 is 1. The van der Waals surface area contributed by atoms with E-state index in [0.717, 1.165) is 49.6 Å². The van der Waals surface area contributed by atoms with E-state index >= 15 is 0 Å². The summed E-state index contributed by atoms with van der Waals surface area (Å²) in [7, 11) is 1.69. The van der Waals surface area contributed by atoms with Crippen molar-refractivity contribution < 1.29 is 9.53 Å². The van der Waals surface area contributed by atoms with E-state index in [1.54, 1.807) is 18.9 Å². The van der Waals surface area contributed by atoms with Crippen molar-refractivity contribution in [1.82, 2.24) is 10.3 Å². The lowest BCUT2D eigenvalue weighted by molar-refractivity contribution is -0.120. The molecular weight excluding hydrogens is 370 g/mol. The summed E-state index contributed by atoms with van der Waals surface area (Å²) in [5, 5.41) is 7.69. The summed E-state index contributed by atoms with van der Waals surface area (Å²) in [6, 6.07) is 10.4. The number of nitrogens with zero attached hydrogens (tertiary/aromatic N) is 1. The molecule has 0 unspecified atom stereocenters. The van der Waals surface area contributed by atoms with Crippen molar-refractivity contribution in [2.75, 3.05) is 25.2 Å². The molecule has 2 aromatic carbocycles. The van der Waals surface area contributed by atoms with Crippen LogP contribution in [0.3, 0.4) is 0 Å². The Morgan fingerprint density at radius 1 is 1.25 bits per heavy atom. The fraction of sp³-hybridized carbons (Fsp3) is 0.273. The molecule has 0 saturated carbocycles. The molecule has 0 radical (unpaired) electrons. The lowest BCUT2D eigenvalue weighted by Crippen LogP contribution is -2.25. The quantitative estimate of drug-likeness (QED) is 0.463. The maximum atomic E-state index is 11.7. The second-order valence-corrected chi connectivity index (χ2v) is 7.44. The Kier molecular flexibility index (Phi) is 5.13. The van der Waals surface area contributed by atoms with Crippen LogP contribution in [0.1, 0.15) is 18.9 Å². The van der Waals surface area contributed by atoms with Crippen LogP contribution < -0.4 is 15.4 Å². The van der Waals surface area contributed by atoms with Gasteiger partial charge in [-0.3, -0.25) is 9.78 Å². The van der Waals surface area contributed by atoms with E-state index in [-0.39, 0.29) is 5.91 Å². The van der Waals surface area contributed by atoms with Crippen LogP contribution in [0, 0.1) is 0 Å². The standard InChI is InChI=1S/C22H23N3O2S/c1-4-17(26)23-11-10-15-19-18-14(13-7-5-6-8-16(13)25-19)9-12-24-20(18)21(27-2)22(15)28-3/h5-9,12,25H,4,10-11H2,1-3H3,(H,23,26). The Morgan fingerprint density at radius 3 is 2.82 bits per heavy atom. The molecule has 0 saturated heterocycles. The number of benzene rings is 2. The highest BCUT2D eigenvalue weighted by Gasteiger charge is 2.26. The fourth-order valence-corrected chi connectivity index (χ4v) is 4.63. The molecule has 0 spiro atoms. The highest BCUT2D eigenvalue weighted by molar-refractivity contribution is 7.98. The number of rotatable bonds is 6. The molecule has 6 heteroatoms. The predicted octanol–water partition coefficient (Wildman–Crippen LogP) is 4.76. The van der Waals surface area contributed by atoms with Crippen molar-refractivity contribution in [2.24, 2.45) is 0 Å². The third-order valence-electron chi connectivity index (χ3n) is 5.10. The maximum absolute atomic E-state index is 11.7. The summed E-state index contributed by atoms with van der Waals surface area (Å²) >= 11 is 1.65. The smallest absolute Gasteiger partial charge is 0.219 e.